The molecule has 0 heterocycles. The van der Waals surface area contributed by atoms with Gasteiger partial charge in [0.1, 0.15) is 0 Å². The van der Waals surface area contributed by atoms with E-state index in [2.05, 4.69) is 12.2 Å². The van der Waals surface area contributed by atoms with Crippen LogP contribution in [0.25, 0.3) is 0 Å². The van der Waals surface area contributed by atoms with E-state index in [1.54, 1.807) is 11.9 Å². The maximum absolute atomic E-state index is 12.1. The summed E-state index contributed by atoms with van der Waals surface area (Å²) in [5, 5.41) is 0. The van der Waals surface area contributed by atoms with Crippen LogP contribution in [0.4, 0.5) is 0 Å². The largest absolute Gasteiger partial charge is 0.455 e. The van der Waals surface area contributed by atoms with Crippen molar-refractivity contribution in [3.8, 4) is 0 Å². The molecule has 2 aliphatic carbocycles. The number of nitrogens with zero attached hydrogens (tertiary/aromatic N) is 1. The number of allylic oxidation sites excluding steroid dienone is 2. The van der Waals surface area contributed by atoms with E-state index in [-0.39, 0.29) is 24.4 Å². The summed E-state index contributed by atoms with van der Waals surface area (Å²) in [6, 6.07) is 9.76. The zero-order valence-electron chi connectivity index (χ0n) is 12.8. The Morgan fingerprint density at radius 2 is 1.95 bits per heavy atom. The van der Waals surface area contributed by atoms with Crippen molar-refractivity contribution in [1.82, 2.24) is 4.90 Å². The number of esters is 1. The van der Waals surface area contributed by atoms with Gasteiger partial charge in [-0.05, 0) is 30.2 Å². The van der Waals surface area contributed by atoms with Crippen molar-refractivity contribution in [2.75, 3.05) is 13.7 Å². The standard InChI is InChI=1S/C18H21NO3/c1-19(11-13-5-3-2-4-6-13)17(20)12-22-18(21)16-10-14-7-8-15(16)9-14/h2-8,14-16H,9-12H2,1H3. The summed E-state index contributed by atoms with van der Waals surface area (Å²) < 4.78 is 5.24. The van der Waals surface area contributed by atoms with Gasteiger partial charge in [0, 0.05) is 13.6 Å². The number of fused-ring (bicyclic) bond motifs is 2. The number of carbonyl (C=O) groups excluding carboxylic acids is 2. The molecule has 0 aromatic heterocycles. The smallest absolute Gasteiger partial charge is 0.310 e. The third-order valence-electron chi connectivity index (χ3n) is 4.61. The highest BCUT2D eigenvalue weighted by atomic mass is 16.5. The van der Waals surface area contributed by atoms with E-state index in [1.165, 1.54) is 0 Å². The van der Waals surface area contributed by atoms with Gasteiger partial charge in [0.2, 0.25) is 0 Å². The normalized spacial score (nSPS) is 25.2. The zero-order chi connectivity index (χ0) is 15.5. The first-order valence-corrected chi connectivity index (χ1v) is 7.76. The van der Waals surface area contributed by atoms with Crippen LogP contribution < -0.4 is 0 Å². The Morgan fingerprint density at radius 3 is 2.59 bits per heavy atom. The average Bonchev–Trinajstić information content (AvgIpc) is 3.16. The van der Waals surface area contributed by atoms with E-state index in [1.807, 2.05) is 30.3 Å². The number of benzene rings is 1. The van der Waals surface area contributed by atoms with Crippen LogP contribution in [0, 0.1) is 17.8 Å². The molecular formula is C18H21NO3. The Balaban J connectivity index is 1.45. The minimum Gasteiger partial charge on any atom is -0.455 e. The van der Waals surface area contributed by atoms with E-state index in [0.717, 1.165) is 18.4 Å². The van der Waals surface area contributed by atoms with E-state index < -0.39 is 0 Å². The van der Waals surface area contributed by atoms with Crippen LogP contribution in [0.2, 0.25) is 0 Å². The van der Waals surface area contributed by atoms with Gasteiger partial charge < -0.3 is 9.64 Å². The highest BCUT2D eigenvalue weighted by Gasteiger charge is 2.40. The van der Waals surface area contributed by atoms with Gasteiger partial charge in [-0.2, -0.15) is 0 Å². The lowest BCUT2D eigenvalue weighted by Gasteiger charge is -2.19. The summed E-state index contributed by atoms with van der Waals surface area (Å²) in [6.45, 7) is 0.355. The molecule has 0 spiro atoms. The molecule has 4 heteroatoms. The molecule has 1 amide bonds. The SMILES string of the molecule is CN(Cc1ccccc1)C(=O)COC(=O)C1CC2C=CC1C2. The zero-order valence-corrected chi connectivity index (χ0v) is 12.8. The van der Waals surface area contributed by atoms with Crippen LogP contribution in [-0.4, -0.2) is 30.4 Å². The van der Waals surface area contributed by atoms with Crippen molar-refractivity contribution < 1.29 is 14.3 Å². The van der Waals surface area contributed by atoms with Crippen LogP contribution >= 0.6 is 0 Å². The first kappa shape index (κ1) is 14.8. The van der Waals surface area contributed by atoms with E-state index >= 15 is 0 Å². The third kappa shape index (κ3) is 3.21. The molecule has 4 nitrogen and oxygen atoms in total. The molecule has 3 rings (SSSR count). The number of carbonyl (C=O) groups is 2. The van der Waals surface area contributed by atoms with Crippen molar-refractivity contribution in [2.45, 2.75) is 19.4 Å². The Hall–Kier alpha value is -2.10. The lowest BCUT2D eigenvalue weighted by Crippen LogP contribution is -2.32. The lowest BCUT2D eigenvalue weighted by molar-refractivity contribution is -0.156. The fourth-order valence-electron chi connectivity index (χ4n) is 3.35. The number of likely N-dealkylation sites (N-methyl/N-ethyl adjacent to an activating group) is 1. The van der Waals surface area contributed by atoms with Crippen LogP contribution in [0.1, 0.15) is 18.4 Å². The summed E-state index contributed by atoms with van der Waals surface area (Å²) in [4.78, 5) is 25.7. The van der Waals surface area contributed by atoms with Crippen molar-refractivity contribution in [3.63, 3.8) is 0 Å². The Bertz CT molecular complexity index is 581. The maximum Gasteiger partial charge on any atom is 0.310 e. The molecule has 22 heavy (non-hydrogen) atoms. The van der Waals surface area contributed by atoms with Gasteiger partial charge in [-0.25, -0.2) is 0 Å². The van der Waals surface area contributed by atoms with Crippen molar-refractivity contribution in [1.29, 1.82) is 0 Å². The number of rotatable bonds is 5. The molecule has 0 aliphatic heterocycles. The number of ether oxygens (including phenoxy) is 1. The highest BCUT2D eigenvalue weighted by Crippen LogP contribution is 2.43. The van der Waals surface area contributed by atoms with Crippen molar-refractivity contribution in [2.24, 2.45) is 17.8 Å². The molecule has 1 fully saturated rings. The van der Waals surface area contributed by atoms with Crippen molar-refractivity contribution >= 4 is 11.9 Å². The predicted octanol–water partition coefficient (Wildman–Crippen LogP) is 2.40. The van der Waals surface area contributed by atoms with E-state index in [9.17, 15) is 9.59 Å². The summed E-state index contributed by atoms with van der Waals surface area (Å²) in [5.41, 5.74) is 1.06. The summed E-state index contributed by atoms with van der Waals surface area (Å²) in [6.07, 6.45) is 6.23. The Labute approximate surface area is 130 Å². The van der Waals surface area contributed by atoms with Gasteiger partial charge in [0.25, 0.3) is 5.91 Å². The molecule has 1 aromatic carbocycles. The van der Waals surface area contributed by atoms with Crippen molar-refractivity contribution in [3.05, 3.63) is 48.0 Å². The van der Waals surface area contributed by atoms with Gasteiger partial charge in [-0.15, -0.1) is 0 Å². The predicted molar refractivity (Wildman–Crippen MR) is 82.7 cm³/mol. The summed E-state index contributed by atoms with van der Waals surface area (Å²) >= 11 is 0. The summed E-state index contributed by atoms with van der Waals surface area (Å²) in [5.74, 6) is 0.394. The third-order valence-corrected chi connectivity index (χ3v) is 4.61. The second kappa shape index (κ2) is 6.34. The van der Waals surface area contributed by atoms with E-state index in [4.69, 9.17) is 4.74 Å². The molecule has 0 saturated heterocycles. The Morgan fingerprint density at radius 1 is 1.18 bits per heavy atom. The topological polar surface area (TPSA) is 46.6 Å². The molecule has 116 valence electrons. The second-order valence-electron chi connectivity index (χ2n) is 6.23. The Kier molecular flexibility index (Phi) is 4.27. The monoisotopic (exact) mass is 299 g/mol. The number of amides is 1. The molecular weight excluding hydrogens is 278 g/mol. The van der Waals surface area contributed by atoms with Gasteiger partial charge >= 0.3 is 5.97 Å². The average molecular weight is 299 g/mol. The molecule has 0 radical (unpaired) electrons. The van der Waals surface area contributed by atoms with Gasteiger partial charge in [-0.3, -0.25) is 9.59 Å². The molecule has 0 N–H and O–H groups in total. The van der Waals surface area contributed by atoms with Crippen LogP contribution in [0.5, 0.6) is 0 Å². The first-order chi connectivity index (χ1) is 10.6. The number of hydrogen-bond donors (Lipinski definition) is 0. The van der Waals surface area contributed by atoms with Crippen LogP contribution in [0.3, 0.4) is 0 Å². The molecule has 3 atom stereocenters. The molecule has 1 saturated carbocycles. The molecule has 3 unspecified atom stereocenters. The van der Waals surface area contributed by atoms with Crippen LogP contribution in [0.15, 0.2) is 42.5 Å². The van der Waals surface area contributed by atoms with Gasteiger partial charge in [0.15, 0.2) is 6.61 Å². The van der Waals surface area contributed by atoms with E-state index in [0.29, 0.717) is 18.4 Å². The highest BCUT2D eigenvalue weighted by molar-refractivity contribution is 5.81. The minimum absolute atomic E-state index is 0.0535. The van der Waals surface area contributed by atoms with Gasteiger partial charge in [-0.1, -0.05) is 42.5 Å². The maximum atomic E-state index is 12.1. The fourth-order valence-corrected chi connectivity index (χ4v) is 3.35. The second-order valence-corrected chi connectivity index (χ2v) is 6.23. The number of hydrogen-bond acceptors (Lipinski definition) is 3. The quantitative estimate of drug-likeness (QED) is 0.619. The molecule has 2 aliphatic rings. The first-order valence-electron chi connectivity index (χ1n) is 7.76. The molecule has 2 bridgehead atoms. The van der Waals surface area contributed by atoms with Crippen LogP contribution in [-0.2, 0) is 20.9 Å². The molecule has 1 aromatic rings. The summed E-state index contributed by atoms with van der Waals surface area (Å²) in [7, 11) is 1.73. The fraction of sp³-hybridized carbons (Fsp3) is 0.444. The lowest BCUT2D eigenvalue weighted by atomic mass is 9.94. The van der Waals surface area contributed by atoms with Gasteiger partial charge in [0.05, 0.1) is 5.92 Å². The minimum atomic E-state index is -0.224.